The summed E-state index contributed by atoms with van der Waals surface area (Å²) in [5.41, 5.74) is 0.935. The van der Waals surface area contributed by atoms with Crippen LogP contribution >= 0.6 is 11.3 Å². The van der Waals surface area contributed by atoms with Crippen LogP contribution in [0.2, 0.25) is 0 Å². The number of fused-ring (bicyclic) bond motifs is 1. The first kappa shape index (κ1) is 16.0. The van der Waals surface area contributed by atoms with Crippen LogP contribution in [0.5, 0.6) is 0 Å². The van der Waals surface area contributed by atoms with Crippen molar-refractivity contribution in [2.45, 2.75) is 65.0 Å². The second-order valence-electron chi connectivity index (χ2n) is 6.55. The highest BCUT2D eigenvalue weighted by Crippen LogP contribution is 2.30. The molecule has 1 N–H and O–H groups in total. The van der Waals surface area contributed by atoms with Crippen molar-refractivity contribution in [2.75, 3.05) is 0 Å². The Bertz CT molecular complexity index is 519. The van der Waals surface area contributed by atoms with Gasteiger partial charge in [0.2, 0.25) is 0 Å². The third kappa shape index (κ3) is 4.30. The molecule has 116 valence electrons. The normalized spacial score (nSPS) is 16.0. The van der Waals surface area contributed by atoms with Crippen molar-refractivity contribution in [3.8, 4) is 0 Å². The lowest BCUT2D eigenvalue weighted by Gasteiger charge is -2.23. The predicted molar refractivity (Wildman–Crippen MR) is 83.7 cm³/mol. The Hall–Kier alpha value is -1.36. The van der Waals surface area contributed by atoms with Gasteiger partial charge in [0.1, 0.15) is 4.88 Å². The summed E-state index contributed by atoms with van der Waals surface area (Å²) < 4.78 is 5.28. The number of ether oxygens (including phenoxy) is 1. The summed E-state index contributed by atoms with van der Waals surface area (Å²) >= 11 is 1.50. The zero-order valence-corrected chi connectivity index (χ0v) is 13.9. The average Bonchev–Trinajstić information content (AvgIpc) is 2.80. The number of rotatable bonds is 3. The second kappa shape index (κ2) is 6.18. The average molecular weight is 309 g/mol. The lowest BCUT2D eigenvalue weighted by molar-refractivity contribution is -0.130. The van der Waals surface area contributed by atoms with Crippen LogP contribution in [-0.2, 0) is 22.4 Å². The number of nitrogens with one attached hydrogen (secondary N) is 1. The van der Waals surface area contributed by atoms with Gasteiger partial charge in [0, 0.05) is 10.4 Å². The number of thiophene rings is 1. The molecule has 0 saturated heterocycles. The minimum atomic E-state index is -0.782. The molecule has 0 unspecified atom stereocenters. The van der Waals surface area contributed by atoms with Crippen LogP contribution in [-0.4, -0.2) is 23.5 Å². The maximum atomic E-state index is 12.2. The maximum absolute atomic E-state index is 12.2. The molecule has 0 fully saturated rings. The third-order valence-electron chi connectivity index (χ3n) is 3.35. The van der Waals surface area contributed by atoms with Gasteiger partial charge >= 0.3 is 5.97 Å². The van der Waals surface area contributed by atoms with E-state index in [0.29, 0.717) is 4.88 Å². The minimum Gasteiger partial charge on any atom is -0.448 e. The Balaban J connectivity index is 1.97. The first-order chi connectivity index (χ1) is 9.76. The van der Waals surface area contributed by atoms with Gasteiger partial charge in [-0.25, -0.2) is 4.79 Å². The predicted octanol–water partition coefficient (Wildman–Crippen LogP) is 3.09. The lowest BCUT2D eigenvalue weighted by atomic mass is 9.99. The van der Waals surface area contributed by atoms with E-state index in [2.05, 4.69) is 5.32 Å². The summed E-state index contributed by atoms with van der Waals surface area (Å²) in [4.78, 5) is 26.0. The molecule has 0 radical (unpaired) electrons. The van der Waals surface area contributed by atoms with Crippen molar-refractivity contribution in [3.05, 3.63) is 21.4 Å². The molecule has 1 aliphatic carbocycles. The number of esters is 1. The fraction of sp³-hybridized carbons (Fsp3) is 0.625. The van der Waals surface area contributed by atoms with E-state index < -0.39 is 12.1 Å². The summed E-state index contributed by atoms with van der Waals surface area (Å²) in [7, 11) is 0. The summed E-state index contributed by atoms with van der Waals surface area (Å²) in [5, 5.41) is 2.81. The molecule has 1 atom stereocenters. The number of carbonyl (C=O) groups excluding carboxylic acids is 2. The first-order valence-corrected chi connectivity index (χ1v) is 8.22. The highest BCUT2D eigenvalue weighted by molar-refractivity contribution is 7.14. The molecular formula is C16H23NO3S. The monoisotopic (exact) mass is 309 g/mol. The lowest BCUT2D eigenvalue weighted by Crippen LogP contribution is -2.46. The number of aryl methyl sites for hydroxylation is 2. The molecule has 1 aromatic rings. The first-order valence-electron chi connectivity index (χ1n) is 7.41. The molecule has 1 aromatic heterocycles. The van der Waals surface area contributed by atoms with Crippen molar-refractivity contribution >= 4 is 23.2 Å². The fourth-order valence-corrected chi connectivity index (χ4v) is 3.47. The topological polar surface area (TPSA) is 55.4 Å². The van der Waals surface area contributed by atoms with Gasteiger partial charge in [0.15, 0.2) is 6.10 Å². The molecule has 0 aliphatic heterocycles. The van der Waals surface area contributed by atoms with Crippen LogP contribution < -0.4 is 5.32 Å². The van der Waals surface area contributed by atoms with Crippen molar-refractivity contribution in [2.24, 2.45) is 0 Å². The molecule has 0 aromatic carbocycles. The quantitative estimate of drug-likeness (QED) is 0.873. The molecule has 0 saturated carbocycles. The molecule has 1 amide bonds. The SMILES string of the molecule is C[C@H](OC(=O)c1cc2c(s1)CCCC2)C(=O)NC(C)(C)C. The van der Waals surface area contributed by atoms with E-state index in [1.807, 2.05) is 26.8 Å². The van der Waals surface area contributed by atoms with E-state index in [1.54, 1.807) is 6.92 Å². The molecule has 4 nitrogen and oxygen atoms in total. The summed E-state index contributed by atoms with van der Waals surface area (Å²) in [5.74, 6) is -0.664. The van der Waals surface area contributed by atoms with Crippen LogP contribution in [0.25, 0.3) is 0 Å². The number of hydrogen-bond donors (Lipinski definition) is 1. The van der Waals surface area contributed by atoms with E-state index in [-0.39, 0.29) is 11.4 Å². The minimum absolute atomic E-state index is 0.267. The van der Waals surface area contributed by atoms with Crippen LogP contribution in [0.1, 0.15) is 60.6 Å². The fourth-order valence-electron chi connectivity index (χ4n) is 2.33. The van der Waals surface area contributed by atoms with Crippen molar-refractivity contribution in [3.63, 3.8) is 0 Å². The van der Waals surface area contributed by atoms with Crippen LogP contribution in [0, 0.1) is 0 Å². The van der Waals surface area contributed by atoms with Crippen LogP contribution in [0.3, 0.4) is 0 Å². The number of amides is 1. The third-order valence-corrected chi connectivity index (χ3v) is 4.57. The van der Waals surface area contributed by atoms with E-state index in [1.165, 1.54) is 34.6 Å². The van der Waals surface area contributed by atoms with Crippen molar-refractivity contribution in [1.29, 1.82) is 0 Å². The van der Waals surface area contributed by atoms with Gasteiger partial charge in [-0.1, -0.05) is 0 Å². The van der Waals surface area contributed by atoms with Gasteiger partial charge in [-0.15, -0.1) is 11.3 Å². The Morgan fingerprint density at radius 1 is 1.29 bits per heavy atom. The van der Waals surface area contributed by atoms with Crippen molar-refractivity contribution < 1.29 is 14.3 Å². The highest BCUT2D eigenvalue weighted by Gasteiger charge is 2.24. The van der Waals surface area contributed by atoms with E-state index in [9.17, 15) is 9.59 Å². The Morgan fingerprint density at radius 2 is 1.95 bits per heavy atom. The standard InChI is InChI=1S/C16H23NO3S/c1-10(14(18)17-16(2,3)4)20-15(19)13-9-11-7-5-6-8-12(11)21-13/h9-10H,5-8H2,1-4H3,(H,17,18)/t10-/m0/s1. The van der Waals surface area contributed by atoms with Gasteiger partial charge in [0.25, 0.3) is 5.91 Å². The van der Waals surface area contributed by atoms with Gasteiger partial charge in [0.05, 0.1) is 0 Å². The molecule has 1 heterocycles. The molecule has 2 rings (SSSR count). The molecule has 0 spiro atoms. The maximum Gasteiger partial charge on any atom is 0.349 e. The molecular weight excluding hydrogens is 286 g/mol. The van der Waals surface area contributed by atoms with Gasteiger partial charge < -0.3 is 10.1 Å². The smallest absolute Gasteiger partial charge is 0.349 e. The number of carbonyl (C=O) groups is 2. The highest BCUT2D eigenvalue weighted by atomic mass is 32.1. The van der Waals surface area contributed by atoms with E-state index in [4.69, 9.17) is 4.74 Å². The summed E-state index contributed by atoms with van der Waals surface area (Å²) in [6.07, 6.45) is 3.68. The Labute approximate surface area is 129 Å². The summed E-state index contributed by atoms with van der Waals surface area (Å²) in [6.45, 7) is 7.29. The van der Waals surface area contributed by atoms with E-state index >= 15 is 0 Å². The molecule has 1 aliphatic rings. The molecule has 21 heavy (non-hydrogen) atoms. The van der Waals surface area contributed by atoms with Gasteiger partial charge in [-0.2, -0.15) is 0 Å². The Morgan fingerprint density at radius 3 is 2.57 bits per heavy atom. The van der Waals surface area contributed by atoms with E-state index in [0.717, 1.165) is 12.8 Å². The second-order valence-corrected chi connectivity index (χ2v) is 7.69. The largest absolute Gasteiger partial charge is 0.448 e. The Kier molecular flexibility index (Phi) is 4.71. The zero-order chi connectivity index (χ0) is 15.6. The molecule has 0 bridgehead atoms. The molecule has 5 heteroatoms. The van der Waals surface area contributed by atoms with Gasteiger partial charge in [-0.3, -0.25) is 4.79 Å². The summed E-state index contributed by atoms with van der Waals surface area (Å²) in [6, 6.07) is 1.93. The van der Waals surface area contributed by atoms with Crippen LogP contribution in [0.4, 0.5) is 0 Å². The van der Waals surface area contributed by atoms with Gasteiger partial charge in [-0.05, 0) is 65.0 Å². The van der Waals surface area contributed by atoms with Crippen molar-refractivity contribution in [1.82, 2.24) is 5.32 Å². The van der Waals surface area contributed by atoms with Crippen LogP contribution in [0.15, 0.2) is 6.07 Å². The number of hydrogen-bond acceptors (Lipinski definition) is 4. The zero-order valence-electron chi connectivity index (χ0n) is 13.1.